The molecule has 0 aromatic heterocycles. The van der Waals surface area contributed by atoms with Crippen molar-refractivity contribution < 1.29 is 19.1 Å². The minimum atomic E-state index is -0.876. The molecule has 4 aromatic carbocycles. The van der Waals surface area contributed by atoms with Gasteiger partial charge >= 0.3 is 12.1 Å². The van der Waals surface area contributed by atoms with E-state index >= 15 is 0 Å². The van der Waals surface area contributed by atoms with Gasteiger partial charge in [0.1, 0.15) is 19.3 Å². The van der Waals surface area contributed by atoms with E-state index in [2.05, 4.69) is 52.2 Å². The molecule has 4 aromatic rings. The SMILES string of the molecule is O=C(NC(Cc1ccc(I)cc1)C(=O)OCc1ccccc1)OCC1c2ccccc2-c2ccccc21. The maximum absolute atomic E-state index is 13.0. The second-order valence-corrected chi connectivity index (χ2v) is 10.2. The van der Waals surface area contributed by atoms with Crippen molar-refractivity contribution in [2.75, 3.05) is 6.61 Å². The largest absolute Gasteiger partial charge is 0.459 e. The van der Waals surface area contributed by atoms with Crippen LogP contribution in [0.4, 0.5) is 4.79 Å². The summed E-state index contributed by atoms with van der Waals surface area (Å²) in [6, 6.07) is 32.8. The molecular formula is C31H26INO4. The molecule has 0 aliphatic heterocycles. The molecular weight excluding hydrogens is 577 g/mol. The monoisotopic (exact) mass is 603 g/mol. The van der Waals surface area contributed by atoms with Gasteiger partial charge in [-0.1, -0.05) is 91.0 Å². The molecule has 0 spiro atoms. The Labute approximate surface area is 230 Å². The van der Waals surface area contributed by atoms with E-state index in [-0.39, 0.29) is 19.1 Å². The predicted molar refractivity (Wildman–Crippen MR) is 151 cm³/mol. The Bertz CT molecular complexity index is 1340. The number of fused-ring (bicyclic) bond motifs is 3. The Morgan fingerprint density at radius 3 is 1.97 bits per heavy atom. The molecule has 1 unspecified atom stereocenters. The molecule has 0 radical (unpaired) electrons. The standard InChI is InChI=1S/C31H26INO4/c32-23-16-14-21(15-17-23)18-29(30(34)36-19-22-8-2-1-3-9-22)33-31(35)37-20-28-26-12-6-4-10-24(26)25-11-5-7-13-27(25)28/h1-17,28-29H,18-20H2,(H,33,35). The summed E-state index contributed by atoms with van der Waals surface area (Å²) in [7, 11) is 0. The number of carbonyl (C=O) groups is 2. The zero-order valence-corrected chi connectivity index (χ0v) is 22.3. The fraction of sp³-hybridized carbons (Fsp3) is 0.161. The van der Waals surface area contributed by atoms with Crippen molar-refractivity contribution in [3.8, 4) is 11.1 Å². The molecule has 186 valence electrons. The summed E-state index contributed by atoms with van der Waals surface area (Å²) in [6.45, 7) is 0.310. The van der Waals surface area contributed by atoms with Gasteiger partial charge in [-0.2, -0.15) is 0 Å². The highest BCUT2D eigenvalue weighted by atomic mass is 127. The number of ether oxygens (including phenoxy) is 2. The molecule has 1 amide bonds. The third-order valence-electron chi connectivity index (χ3n) is 6.50. The van der Waals surface area contributed by atoms with Crippen molar-refractivity contribution in [2.24, 2.45) is 0 Å². The Kier molecular flexibility index (Phi) is 7.84. The van der Waals surface area contributed by atoms with Gasteiger partial charge in [-0.05, 0) is 68.1 Å². The van der Waals surface area contributed by atoms with Gasteiger partial charge in [0, 0.05) is 15.9 Å². The van der Waals surface area contributed by atoms with Crippen LogP contribution < -0.4 is 5.32 Å². The molecule has 5 nitrogen and oxygen atoms in total. The first-order valence-electron chi connectivity index (χ1n) is 12.1. The van der Waals surface area contributed by atoms with Crippen molar-refractivity contribution in [1.29, 1.82) is 0 Å². The van der Waals surface area contributed by atoms with E-state index in [1.54, 1.807) is 0 Å². The number of halogens is 1. The molecule has 0 saturated carbocycles. The topological polar surface area (TPSA) is 64.6 Å². The number of carbonyl (C=O) groups excluding carboxylic acids is 2. The third-order valence-corrected chi connectivity index (χ3v) is 7.22. The Balaban J connectivity index is 1.27. The minimum absolute atomic E-state index is 0.0576. The van der Waals surface area contributed by atoms with Crippen LogP contribution in [0.3, 0.4) is 0 Å². The lowest BCUT2D eigenvalue weighted by molar-refractivity contribution is -0.147. The molecule has 1 N–H and O–H groups in total. The Morgan fingerprint density at radius 2 is 1.32 bits per heavy atom. The second-order valence-electron chi connectivity index (χ2n) is 8.95. The maximum atomic E-state index is 13.0. The zero-order chi connectivity index (χ0) is 25.6. The molecule has 0 fully saturated rings. The molecule has 0 bridgehead atoms. The summed E-state index contributed by atoms with van der Waals surface area (Å²) in [4.78, 5) is 25.9. The van der Waals surface area contributed by atoms with Gasteiger partial charge in [0.05, 0.1) is 0 Å². The van der Waals surface area contributed by atoms with Crippen LogP contribution in [0.1, 0.15) is 28.2 Å². The fourth-order valence-corrected chi connectivity index (χ4v) is 5.02. The van der Waals surface area contributed by atoms with Gasteiger partial charge in [0.15, 0.2) is 0 Å². The maximum Gasteiger partial charge on any atom is 0.407 e. The zero-order valence-electron chi connectivity index (χ0n) is 20.1. The van der Waals surface area contributed by atoms with Crippen molar-refractivity contribution >= 4 is 34.7 Å². The van der Waals surface area contributed by atoms with Crippen LogP contribution in [-0.4, -0.2) is 24.7 Å². The average molecular weight is 603 g/mol. The van der Waals surface area contributed by atoms with Crippen LogP contribution in [0.25, 0.3) is 11.1 Å². The van der Waals surface area contributed by atoms with Crippen LogP contribution in [0.15, 0.2) is 103 Å². The molecule has 5 rings (SSSR count). The van der Waals surface area contributed by atoms with Gasteiger partial charge in [0.25, 0.3) is 0 Å². The first kappa shape index (κ1) is 25.0. The lowest BCUT2D eigenvalue weighted by Crippen LogP contribution is -2.43. The molecule has 6 heteroatoms. The van der Waals surface area contributed by atoms with E-state index in [1.165, 1.54) is 0 Å². The van der Waals surface area contributed by atoms with Crippen LogP contribution in [0.2, 0.25) is 0 Å². The van der Waals surface area contributed by atoms with Crippen molar-refractivity contribution in [2.45, 2.75) is 25.0 Å². The number of esters is 1. The minimum Gasteiger partial charge on any atom is -0.459 e. The molecule has 1 atom stereocenters. The average Bonchev–Trinajstić information content (AvgIpc) is 3.25. The van der Waals surface area contributed by atoms with Gasteiger partial charge in [0.2, 0.25) is 0 Å². The van der Waals surface area contributed by atoms with E-state index in [9.17, 15) is 9.59 Å². The van der Waals surface area contributed by atoms with Crippen molar-refractivity contribution in [3.05, 3.63) is 129 Å². The highest BCUT2D eigenvalue weighted by molar-refractivity contribution is 14.1. The van der Waals surface area contributed by atoms with Crippen molar-refractivity contribution in [1.82, 2.24) is 5.32 Å². The van der Waals surface area contributed by atoms with E-state index in [1.807, 2.05) is 78.9 Å². The number of rotatable bonds is 8. The molecule has 37 heavy (non-hydrogen) atoms. The summed E-state index contributed by atoms with van der Waals surface area (Å²) >= 11 is 2.23. The van der Waals surface area contributed by atoms with Gasteiger partial charge < -0.3 is 14.8 Å². The quantitative estimate of drug-likeness (QED) is 0.185. The van der Waals surface area contributed by atoms with E-state index in [0.29, 0.717) is 6.42 Å². The summed E-state index contributed by atoms with van der Waals surface area (Å²) in [5.41, 5.74) is 6.39. The van der Waals surface area contributed by atoms with Crippen LogP contribution in [-0.2, 0) is 27.3 Å². The summed E-state index contributed by atoms with van der Waals surface area (Å²) in [5, 5.41) is 2.75. The molecule has 1 aliphatic rings. The summed E-state index contributed by atoms with van der Waals surface area (Å²) in [5.74, 6) is -0.561. The van der Waals surface area contributed by atoms with E-state index < -0.39 is 18.1 Å². The summed E-state index contributed by atoms with van der Waals surface area (Å²) < 4.78 is 12.3. The van der Waals surface area contributed by atoms with E-state index in [0.717, 1.165) is 37.0 Å². The number of nitrogens with one attached hydrogen (secondary N) is 1. The van der Waals surface area contributed by atoms with E-state index in [4.69, 9.17) is 9.47 Å². The summed E-state index contributed by atoms with van der Waals surface area (Å²) in [6.07, 6.45) is -0.344. The van der Waals surface area contributed by atoms with Crippen LogP contribution >= 0.6 is 22.6 Å². The molecule has 0 heterocycles. The predicted octanol–water partition coefficient (Wildman–Crippen LogP) is 6.48. The van der Waals surface area contributed by atoms with Crippen LogP contribution in [0.5, 0.6) is 0 Å². The first-order chi connectivity index (χ1) is 18.1. The number of hydrogen-bond acceptors (Lipinski definition) is 4. The smallest absolute Gasteiger partial charge is 0.407 e. The van der Waals surface area contributed by atoms with Gasteiger partial charge in [-0.15, -0.1) is 0 Å². The third kappa shape index (κ3) is 6.02. The second kappa shape index (κ2) is 11.6. The lowest BCUT2D eigenvalue weighted by atomic mass is 9.98. The fourth-order valence-electron chi connectivity index (χ4n) is 4.66. The number of alkyl carbamates (subject to hydrolysis) is 1. The number of hydrogen-bond donors (Lipinski definition) is 1. The lowest BCUT2D eigenvalue weighted by Gasteiger charge is -2.19. The Hall–Kier alpha value is -3.65. The number of benzene rings is 4. The van der Waals surface area contributed by atoms with Crippen molar-refractivity contribution in [3.63, 3.8) is 0 Å². The molecule has 1 aliphatic carbocycles. The normalized spacial score (nSPS) is 12.8. The highest BCUT2D eigenvalue weighted by Crippen LogP contribution is 2.44. The molecule has 0 saturated heterocycles. The highest BCUT2D eigenvalue weighted by Gasteiger charge is 2.30. The number of amides is 1. The van der Waals surface area contributed by atoms with Gasteiger partial charge in [-0.25, -0.2) is 9.59 Å². The first-order valence-corrected chi connectivity index (χ1v) is 13.2. The van der Waals surface area contributed by atoms with Gasteiger partial charge in [-0.3, -0.25) is 0 Å². The Morgan fingerprint density at radius 1 is 0.730 bits per heavy atom. The van der Waals surface area contributed by atoms with Crippen LogP contribution in [0, 0.1) is 3.57 Å².